The first-order chi connectivity index (χ1) is 9.27. The Morgan fingerprint density at radius 1 is 1.42 bits per heavy atom. The summed E-state index contributed by atoms with van der Waals surface area (Å²) in [7, 11) is 0. The molecule has 0 amide bonds. The maximum absolute atomic E-state index is 9.01. The van der Waals surface area contributed by atoms with E-state index in [2.05, 4.69) is 11.0 Å². The van der Waals surface area contributed by atoms with Crippen molar-refractivity contribution in [3.63, 3.8) is 0 Å². The molecule has 1 saturated heterocycles. The summed E-state index contributed by atoms with van der Waals surface area (Å²) in [4.78, 5) is 2.47. The van der Waals surface area contributed by atoms with Crippen LogP contribution in [-0.4, -0.2) is 35.7 Å². The first-order valence-electron chi connectivity index (χ1n) is 7.09. The Morgan fingerprint density at radius 3 is 2.89 bits per heavy atom. The van der Waals surface area contributed by atoms with Crippen LogP contribution < -0.4 is 5.73 Å². The summed E-state index contributed by atoms with van der Waals surface area (Å²) in [5, 5.41) is 9.80. The third kappa shape index (κ3) is 3.48. The molecule has 0 spiro atoms. The van der Waals surface area contributed by atoms with Gasteiger partial charge in [-0.3, -0.25) is 4.90 Å². The quantitative estimate of drug-likeness (QED) is 0.843. The summed E-state index contributed by atoms with van der Waals surface area (Å²) in [6.07, 6.45) is 4.30. The fourth-order valence-corrected chi connectivity index (χ4v) is 3.35. The minimum atomic E-state index is 0.194. The van der Waals surface area contributed by atoms with Gasteiger partial charge < -0.3 is 10.8 Å². The summed E-state index contributed by atoms with van der Waals surface area (Å²) in [5.74, 6) is 0. The Balaban J connectivity index is 2.14. The average molecular weight is 283 g/mol. The molecule has 1 heterocycles. The van der Waals surface area contributed by atoms with Crippen LogP contribution in [0.1, 0.15) is 37.3 Å². The van der Waals surface area contributed by atoms with Gasteiger partial charge in [0.2, 0.25) is 0 Å². The zero-order valence-corrected chi connectivity index (χ0v) is 12.0. The van der Waals surface area contributed by atoms with Crippen LogP contribution in [0.25, 0.3) is 0 Å². The van der Waals surface area contributed by atoms with E-state index >= 15 is 0 Å². The zero-order chi connectivity index (χ0) is 13.7. The maximum Gasteiger partial charge on any atom is 0.0488 e. The molecule has 19 heavy (non-hydrogen) atoms. The van der Waals surface area contributed by atoms with Crippen LogP contribution in [0, 0.1) is 0 Å². The van der Waals surface area contributed by atoms with Crippen molar-refractivity contribution in [2.75, 3.05) is 19.7 Å². The van der Waals surface area contributed by atoms with Crippen LogP contribution in [0.4, 0.5) is 0 Å². The minimum Gasteiger partial charge on any atom is -0.396 e. The van der Waals surface area contributed by atoms with Gasteiger partial charge in [-0.05, 0) is 43.9 Å². The molecular formula is C15H23ClN2O. The van der Waals surface area contributed by atoms with Gasteiger partial charge in [-0.1, -0.05) is 29.8 Å². The highest BCUT2D eigenvalue weighted by atomic mass is 35.5. The predicted molar refractivity (Wildman–Crippen MR) is 79.3 cm³/mol. The van der Waals surface area contributed by atoms with Crippen LogP contribution >= 0.6 is 11.6 Å². The molecule has 1 aromatic rings. The van der Waals surface area contributed by atoms with Crippen molar-refractivity contribution in [2.45, 2.75) is 37.8 Å². The van der Waals surface area contributed by atoms with E-state index in [0.29, 0.717) is 12.6 Å². The Bertz CT molecular complexity index is 399. The Morgan fingerprint density at radius 2 is 2.21 bits per heavy atom. The molecule has 0 aliphatic carbocycles. The number of aliphatic hydroxyl groups excluding tert-OH is 1. The number of aliphatic hydroxyl groups is 1. The molecule has 1 aromatic carbocycles. The number of hydrogen-bond donors (Lipinski definition) is 2. The fraction of sp³-hybridized carbons (Fsp3) is 0.600. The predicted octanol–water partition coefficient (Wildman–Crippen LogP) is 2.58. The normalized spacial score (nSPS) is 21.7. The van der Waals surface area contributed by atoms with Crippen LogP contribution in [0.3, 0.4) is 0 Å². The molecule has 1 aliphatic heterocycles. The van der Waals surface area contributed by atoms with Gasteiger partial charge in [-0.15, -0.1) is 0 Å². The molecular weight excluding hydrogens is 260 g/mol. The van der Waals surface area contributed by atoms with Crippen molar-refractivity contribution in [1.82, 2.24) is 4.90 Å². The third-order valence-corrected chi connectivity index (χ3v) is 4.35. The second-order valence-corrected chi connectivity index (χ2v) is 5.58. The van der Waals surface area contributed by atoms with Crippen molar-refractivity contribution in [3.05, 3.63) is 34.9 Å². The maximum atomic E-state index is 9.01. The van der Waals surface area contributed by atoms with Gasteiger partial charge in [-0.2, -0.15) is 0 Å². The number of halogens is 1. The highest BCUT2D eigenvalue weighted by Crippen LogP contribution is 2.33. The molecule has 0 aromatic heterocycles. The van der Waals surface area contributed by atoms with E-state index in [1.807, 2.05) is 18.2 Å². The van der Waals surface area contributed by atoms with Gasteiger partial charge in [0.15, 0.2) is 0 Å². The van der Waals surface area contributed by atoms with Crippen molar-refractivity contribution in [1.29, 1.82) is 0 Å². The Hall–Kier alpha value is -0.610. The van der Waals surface area contributed by atoms with Gasteiger partial charge in [0.25, 0.3) is 0 Å². The number of benzene rings is 1. The number of rotatable bonds is 6. The Kier molecular flexibility index (Phi) is 5.64. The van der Waals surface area contributed by atoms with E-state index in [1.54, 1.807) is 0 Å². The molecule has 2 atom stereocenters. The first kappa shape index (κ1) is 14.8. The molecule has 0 saturated carbocycles. The second-order valence-electron chi connectivity index (χ2n) is 5.17. The van der Waals surface area contributed by atoms with Gasteiger partial charge in [-0.25, -0.2) is 0 Å². The number of likely N-dealkylation sites (tertiary alicyclic amines) is 1. The van der Waals surface area contributed by atoms with Gasteiger partial charge in [0.1, 0.15) is 0 Å². The van der Waals surface area contributed by atoms with E-state index < -0.39 is 0 Å². The lowest BCUT2D eigenvalue weighted by Crippen LogP contribution is -2.37. The molecule has 2 unspecified atom stereocenters. The topological polar surface area (TPSA) is 49.5 Å². The van der Waals surface area contributed by atoms with Gasteiger partial charge >= 0.3 is 0 Å². The summed E-state index contributed by atoms with van der Waals surface area (Å²) < 4.78 is 0. The van der Waals surface area contributed by atoms with E-state index in [0.717, 1.165) is 30.0 Å². The highest BCUT2D eigenvalue weighted by Gasteiger charge is 2.31. The van der Waals surface area contributed by atoms with Crippen molar-refractivity contribution >= 4 is 11.6 Å². The number of hydrogen-bond acceptors (Lipinski definition) is 3. The average Bonchev–Trinajstić information content (AvgIpc) is 2.88. The van der Waals surface area contributed by atoms with E-state index in [9.17, 15) is 0 Å². The molecule has 1 aliphatic rings. The molecule has 0 bridgehead atoms. The molecule has 3 N–H and O–H groups in total. The van der Waals surface area contributed by atoms with Crippen LogP contribution in [0.5, 0.6) is 0 Å². The summed E-state index contributed by atoms with van der Waals surface area (Å²) in [6, 6.07) is 8.69. The molecule has 1 fully saturated rings. The molecule has 3 nitrogen and oxygen atoms in total. The van der Waals surface area contributed by atoms with Crippen molar-refractivity contribution in [3.8, 4) is 0 Å². The minimum absolute atomic E-state index is 0.194. The lowest BCUT2D eigenvalue weighted by Gasteiger charge is -2.33. The van der Waals surface area contributed by atoms with Crippen LogP contribution in [-0.2, 0) is 0 Å². The summed E-state index contributed by atoms with van der Waals surface area (Å²) in [6.45, 7) is 1.92. The largest absolute Gasteiger partial charge is 0.396 e. The van der Waals surface area contributed by atoms with Gasteiger partial charge in [0, 0.05) is 30.3 Å². The Labute approximate surface area is 120 Å². The molecule has 106 valence electrons. The molecule has 2 rings (SSSR count). The SMILES string of the molecule is NCC(c1ccccc1Cl)N1CCCC1CCCO. The summed E-state index contributed by atoms with van der Waals surface area (Å²) in [5.41, 5.74) is 7.12. The second kappa shape index (κ2) is 7.25. The van der Waals surface area contributed by atoms with Crippen molar-refractivity contribution < 1.29 is 5.11 Å². The van der Waals surface area contributed by atoms with E-state index in [1.165, 1.54) is 12.8 Å². The number of nitrogens with two attached hydrogens (primary N) is 1. The van der Waals surface area contributed by atoms with Crippen molar-refractivity contribution in [2.24, 2.45) is 5.73 Å². The molecule has 0 radical (unpaired) electrons. The molecule has 4 heteroatoms. The monoisotopic (exact) mass is 282 g/mol. The first-order valence-corrected chi connectivity index (χ1v) is 7.46. The smallest absolute Gasteiger partial charge is 0.0488 e. The summed E-state index contributed by atoms with van der Waals surface area (Å²) >= 11 is 6.31. The highest BCUT2D eigenvalue weighted by molar-refractivity contribution is 6.31. The van der Waals surface area contributed by atoms with E-state index in [-0.39, 0.29) is 12.6 Å². The van der Waals surface area contributed by atoms with Gasteiger partial charge in [0.05, 0.1) is 0 Å². The lowest BCUT2D eigenvalue weighted by molar-refractivity contribution is 0.165. The van der Waals surface area contributed by atoms with Crippen LogP contribution in [0.2, 0.25) is 5.02 Å². The van der Waals surface area contributed by atoms with Crippen LogP contribution in [0.15, 0.2) is 24.3 Å². The standard InChI is InChI=1S/C15H23ClN2O/c16-14-8-2-1-7-13(14)15(11-17)18-9-3-5-12(18)6-4-10-19/h1-2,7-8,12,15,19H,3-6,9-11,17H2. The zero-order valence-electron chi connectivity index (χ0n) is 11.3. The van der Waals surface area contributed by atoms with E-state index in [4.69, 9.17) is 22.4 Å². The number of nitrogens with zero attached hydrogens (tertiary/aromatic N) is 1. The third-order valence-electron chi connectivity index (χ3n) is 4.01. The lowest BCUT2D eigenvalue weighted by atomic mass is 10.0. The fourth-order valence-electron chi connectivity index (χ4n) is 3.09.